The summed E-state index contributed by atoms with van der Waals surface area (Å²) in [7, 11) is -11.0. The Labute approximate surface area is 529 Å². The topological polar surface area (TPSA) is 184 Å². The van der Waals surface area contributed by atoms with Crippen LogP contribution in [0.3, 0.4) is 0 Å². The summed E-state index contributed by atoms with van der Waals surface area (Å²) < 4.78 is 105. The van der Waals surface area contributed by atoms with Crippen LogP contribution in [0.2, 0.25) is 5.02 Å². The van der Waals surface area contributed by atoms with Gasteiger partial charge in [-0.2, -0.15) is 13.2 Å². The third-order valence-electron chi connectivity index (χ3n) is 18.4. The Morgan fingerprint density at radius 2 is 1.44 bits per heavy atom. The van der Waals surface area contributed by atoms with E-state index in [-0.39, 0.29) is 22.9 Å². The number of piperazine rings is 1. The predicted molar refractivity (Wildman–Crippen MR) is 343 cm³/mol. The fourth-order valence-electron chi connectivity index (χ4n) is 13.4. The number of nitrogens with zero attached hydrogens (tertiary/aromatic N) is 6. The molecule has 5 aromatic carbocycles. The molecule has 0 radical (unpaired) electrons. The van der Waals surface area contributed by atoms with E-state index < -0.39 is 52.8 Å². The van der Waals surface area contributed by atoms with Crippen molar-refractivity contribution >= 4 is 89.4 Å². The van der Waals surface area contributed by atoms with Crippen molar-refractivity contribution in [3.8, 4) is 0 Å². The van der Waals surface area contributed by atoms with Crippen LogP contribution in [-0.4, -0.2) is 172 Å². The maximum atomic E-state index is 14.4. The smallest absolute Gasteiger partial charge is 0.380 e. The van der Waals surface area contributed by atoms with Crippen molar-refractivity contribution in [1.82, 2.24) is 24.7 Å². The van der Waals surface area contributed by atoms with Crippen LogP contribution in [0.4, 0.5) is 40.7 Å². The molecule has 1 aliphatic carbocycles. The molecule has 5 aliphatic heterocycles. The molecule has 0 aromatic heterocycles. The number of hydrogen-bond donors (Lipinski definition) is 3. The van der Waals surface area contributed by atoms with Crippen molar-refractivity contribution in [3.05, 3.63) is 143 Å². The summed E-state index contributed by atoms with van der Waals surface area (Å²) in [6.45, 7) is 12.6. The van der Waals surface area contributed by atoms with Gasteiger partial charge in [-0.25, -0.2) is 26.4 Å². The average Bonchev–Trinajstić information content (AvgIpc) is 2.21. The van der Waals surface area contributed by atoms with Crippen LogP contribution in [-0.2, 0) is 29.4 Å². The molecule has 24 heteroatoms. The number of thioether (sulfide) groups is 1. The van der Waals surface area contributed by atoms with Gasteiger partial charge in [0.05, 0.1) is 17.2 Å². The van der Waals surface area contributed by atoms with E-state index in [1.807, 2.05) is 59.3 Å². The lowest BCUT2D eigenvalue weighted by molar-refractivity contribution is -0.120. The van der Waals surface area contributed by atoms with Crippen molar-refractivity contribution in [3.63, 3.8) is 0 Å². The molecule has 5 heterocycles. The lowest BCUT2D eigenvalue weighted by Gasteiger charge is -2.41. The van der Waals surface area contributed by atoms with Crippen molar-refractivity contribution in [2.45, 2.75) is 84.0 Å². The molecule has 0 saturated carbocycles. The van der Waals surface area contributed by atoms with Crippen LogP contribution >= 0.6 is 23.4 Å². The number of anilines is 4. The number of imide groups is 1. The molecule has 11 rings (SSSR count). The van der Waals surface area contributed by atoms with Crippen LogP contribution in [0, 0.1) is 11.3 Å². The van der Waals surface area contributed by atoms with Crippen molar-refractivity contribution in [1.29, 1.82) is 0 Å². The molecular weight excluding hydrogens is 1220 g/mol. The fraction of sp³-hybridized carbons (Fsp3) is 0.462. The van der Waals surface area contributed by atoms with Gasteiger partial charge in [-0.15, -0.1) is 11.8 Å². The summed E-state index contributed by atoms with van der Waals surface area (Å²) in [5.41, 5.74) is 0.893. The Morgan fingerprint density at radius 3 is 2.15 bits per heavy atom. The number of urea groups is 1. The first-order valence-electron chi connectivity index (χ1n) is 30.8. The standard InChI is InChI=1S/C65H77ClF3N9O8S3/c66-51-11-7-48(8-12-51)58-21-26-64(27-33-75(46-64)43-47-22-30-76(31-23-47)54-15-17-55(18-16-54)78-32-25-61(79)71-63(78)81)42-50(58)44-74-34-36-77(37-35-74)53-13-9-49(10-14-53)62(80)72-89(84,85)57-19-20-59(60(41-57)88(82,83)65(67,68)69)70-52(45-87-56-5-2-1-3-6-56)24-29-73-28-4-39-86-40-38-73/h1-3,5-20,41,47,52,70H,4,21-40,42-46H2,(H,72,80)(H,71,79,81)/t52-,64+/m1/s1. The third kappa shape index (κ3) is 15.9. The summed E-state index contributed by atoms with van der Waals surface area (Å²) in [6, 6.07) is 33.7. The summed E-state index contributed by atoms with van der Waals surface area (Å²) in [5, 5.41) is 6.13. The van der Waals surface area contributed by atoms with E-state index in [9.17, 15) is 44.4 Å². The number of amides is 4. The Balaban J connectivity index is 0.694. The minimum Gasteiger partial charge on any atom is -0.380 e. The molecule has 17 nitrogen and oxygen atoms in total. The summed E-state index contributed by atoms with van der Waals surface area (Å²) >= 11 is 7.84. The van der Waals surface area contributed by atoms with Crippen LogP contribution in [0.25, 0.3) is 5.57 Å². The molecule has 5 saturated heterocycles. The van der Waals surface area contributed by atoms with E-state index in [0.717, 1.165) is 138 Å². The number of allylic oxidation sites excluding steroid dienone is 1. The van der Waals surface area contributed by atoms with Crippen LogP contribution in [0.5, 0.6) is 0 Å². The number of likely N-dealkylation sites (tertiary alicyclic amines) is 1. The zero-order valence-corrected chi connectivity index (χ0v) is 53.0. The van der Waals surface area contributed by atoms with Gasteiger partial charge in [-0.3, -0.25) is 24.7 Å². The number of nitrogens with one attached hydrogen (secondary N) is 3. The Kier molecular flexibility index (Phi) is 20.3. The van der Waals surface area contributed by atoms with E-state index in [1.54, 1.807) is 17.0 Å². The molecule has 476 valence electrons. The SMILES string of the molecule is O=C1CCN(c2ccc(N3CCC(CN4CC[C@]5(CCC(c6ccc(Cl)cc6)=C(CN6CCN(c7ccc(C(=O)NS(=O)(=O)c8ccc(N[C@H](CCN9CCCOCC9)CSc9ccccc9)c(S(=O)(=O)C(F)(F)F)c8)cc7)CC6)C5)C4)CC3)cc2)C(=O)N1. The molecule has 5 fully saturated rings. The van der Waals surface area contributed by atoms with E-state index in [4.69, 9.17) is 16.3 Å². The molecular formula is C65H77ClF3N9O8S3. The number of ether oxygens (including phenoxy) is 1. The van der Waals surface area contributed by atoms with Crippen molar-refractivity contribution in [2.24, 2.45) is 11.3 Å². The maximum Gasteiger partial charge on any atom is 0.501 e. The number of carbonyl (C=O) groups is 3. The van der Waals surface area contributed by atoms with E-state index >= 15 is 0 Å². The number of sulfone groups is 1. The molecule has 3 N–H and O–H groups in total. The normalized spacial score (nSPS) is 21.1. The number of hydrogen-bond acceptors (Lipinski definition) is 15. The monoisotopic (exact) mass is 1300 g/mol. The third-order valence-corrected chi connectivity index (χ3v) is 22.7. The molecule has 0 bridgehead atoms. The van der Waals surface area contributed by atoms with Gasteiger partial charge >= 0.3 is 11.5 Å². The van der Waals surface area contributed by atoms with Crippen LogP contribution in [0.15, 0.2) is 142 Å². The number of alkyl halides is 3. The van der Waals surface area contributed by atoms with Gasteiger partial charge in [-0.05, 0) is 171 Å². The molecule has 5 aromatic rings. The summed E-state index contributed by atoms with van der Waals surface area (Å²) in [5.74, 6) is -0.304. The van der Waals surface area contributed by atoms with Gasteiger partial charge in [0.15, 0.2) is 0 Å². The van der Waals surface area contributed by atoms with Gasteiger partial charge in [0, 0.05) is 142 Å². The van der Waals surface area contributed by atoms with Crippen LogP contribution in [0.1, 0.15) is 73.7 Å². The quantitative estimate of drug-likeness (QED) is 0.0625. The number of benzene rings is 5. The molecule has 1 spiro atoms. The Morgan fingerprint density at radius 1 is 0.742 bits per heavy atom. The highest BCUT2D eigenvalue weighted by Gasteiger charge is 2.49. The van der Waals surface area contributed by atoms with Gasteiger partial charge in [0.25, 0.3) is 25.8 Å². The maximum absolute atomic E-state index is 14.4. The number of halogens is 4. The van der Waals surface area contributed by atoms with Gasteiger partial charge in [0.2, 0.25) is 5.91 Å². The Bertz CT molecular complexity index is 3570. The largest absolute Gasteiger partial charge is 0.501 e. The zero-order chi connectivity index (χ0) is 62.3. The van der Waals surface area contributed by atoms with E-state index in [0.29, 0.717) is 81.5 Å². The second-order valence-electron chi connectivity index (χ2n) is 24.4. The second kappa shape index (κ2) is 28.1. The lowest BCUT2D eigenvalue weighted by Crippen LogP contribution is -2.49. The zero-order valence-electron chi connectivity index (χ0n) is 49.8. The highest BCUT2D eigenvalue weighted by molar-refractivity contribution is 7.99. The second-order valence-corrected chi connectivity index (χ2v) is 29.5. The number of rotatable bonds is 20. The molecule has 89 heavy (non-hydrogen) atoms. The molecule has 4 amide bonds. The first kappa shape index (κ1) is 64.4. The Hall–Kier alpha value is -6.18. The minimum absolute atomic E-state index is 0.0117. The first-order valence-corrected chi connectivity index (χ1v) is 35.1. The van der Waals surface area contributed by atoms with Crippen molar-refractivity contribution < 1.29 is 49.1 Å². The minimum atomic E-state index is -6.09. The van der Waals surface area contributed by atoms with Gasteiger partial charge in [-0.1, -0.05) is 47.5 Å². The highest BCUT2D eigenvalue weighted by Crippen LogP contribution is 2.49. The number of carbonyl (C=O) groups excluding carboxylic acids is 3. The first-order chi connectivity index (χ1) is 42.8. The van der Waals surface area contributed by atoms with E-state index in [2.05, 4.69) is 59.4 Å². The lowest BCUT2D eigenvalue weighted by atomic mass is 9.69. The van der Waals surface area contributed by atoms with Crippen molar-refractivity contribution in [2.75, 3.05) is 131 Å². The fourth-order valence-corrected chi connectivity index (χ4v) is 16.6. The van der Waals surface area contributed by atoms with Gasteiger partial charge < -0.3 is 29.7 Å². The van der Waals surface area contributed by atoms with E-state index in [1.165, 1.54) is 40.6 Å². The van der Waals surface area contributed by atoms with Crippen LogP contribution < -0.4 is 30.1 Å². The highest BCUT2D eigenvalue weighted by atomic mass is 35.5. The molecule has 6 aliphatic rings. The van der Waals surface area contributed by atoms with Gasteiger partial charge in [0.1, 0.15) is 4.90 Å². The summed E-state index contributed by atoms with van der Waals surface area (Å²) in [6.07, 6.45) is 8.10. The average molecular weight is 1300 g/mol. The molecule has 2 atom stereocenters. The number of sulfonamides is 1. The predicted octanol–water partition coefficient (Wildman–Crippen LogP) is 10.3. The number of piperidine rings is 1. The summed E-state index contributed by atoms with van der Waals surface area (Å²) in [4.78, 5) is 50.2. The molecule has 0 unspecified atom stereocenters.